The van der Waals surface area contributed by atoms with Crippen molar-refractivity contribution < 1.29 is 32.6 Å². The first-order valence-electron chi connectivity index (χ1n) is 8.60. The minimum atomic E-state index is -5.08. The molecule has 4 N–H and O–H groups in total. The lowest BCUT2D eigenvalue weighted by Gasteiger charge is -2.32. The van der Waals surface area contributed by atoms with E-state index < -0.39 is 18.2 Å². The first-order valence-corrected chi connectivity index (χ1v) is 8.60. The van der Waals surface area contributed by atoms with Gasteiger partial charge in [-0.3, -0.25) is 9.89 Å². The van der Waals surface area contributed by atoms with E-state index >= 15 is 0 Å². The van der Waals surface area contributed by atoms with Crippen molar-refractivity contribution >= 4 is 17.6 Å². The number of nitrogens with two attached hydrogens (primary N) is 1. The predicted octanol–water partition coefficient (Wildman–Crippen LogP) is 1.96. The van der Waals surface area contributed by atoms with Gasteiger partial charge in [-0.25, -0.2) is 4.79 Å². The molecule has 1 aliphatic heterocycles. The number of carbonyl (C=O) groups excluding carboxylic acids is 1. The van der Waals surface area contributed by atoms with Crippen molar-refractivity contribution in [3.63, 3.8) is 0 Å². The van der Waals surface area contributed by atoms with E-state index in [2.05, 4.69) is 16.3 Å². The van der Waals surface area contributed by atoms with Gasteiger partial charge in [-0.1, -0.05) is 6.07 Å². The summed E-state index contributed by atoms with van der Waals surface area (Å²) in [7, 11) is 0. The van der Waals surface area contributed by atoms with E-state index in [1.807, 2.05) is 26.0 Å². The van der Waals surface area contributed by atoms with Crippen LogP contribution in [-0.2, 0) is 16.0 Å². The Morgan fingerprint density at radius 1 is 1.38 bits per heavy atom. The molecule has 0 fully saturated rings. The van der Waals surface area contributed by atoms with Gasteiger partial charge in [-0.05, 0) is 37.1 Å². The molecule has 0 saturated heterocycles. The number of aromatic nitrogens is 2. The second-order valence-corrected chi connectivity index (χ2v) is 6.46. The molecule has 3 rings (SSSR count). The summed E-state index contributed by atoms with van der Waals surface area (Å²) in [4.78, 5) is 23.4. The number of nitrogens with zero attached hydrogens (tertiary/aromatic N) is 2. The molecule has 1 amide bonds. The number of aliphatic carboxylic acids is 1. The standard InChI is InChI=1S/C16H20N4O2.C2HF3O2/c1-10-7-11(2)15-14(8-10)20(5-6-22-15)16(21)13(17)9-12-3-4-18-19-12;3-2(4,5)1(6)7/h3-4,7-8,13H,5-6,9,17H2,1-2H3,(H,18,19);(H,6,7). The molecule has 11 heteroatoms. The minimum absolute atomic E-state index is 0.0934. The average Bonchev–Trinajstić information content (AvgIpc) is 3.13. The molecule has 0 radical (unpaired) electrons. The molecule has 8 nitrogen and oxygen atoms in total. The third-order valence-corrected chi connectivity index (χ3v) is 4.08. The van der Waals surface area contributed by atoms with E-state index in [9.17, 15) is 18.0 Å². The lowest BCUT2D eigenvalue weighted by atomic mass is 10.1. The van der Waals surface area contributed by atoms with E-state index in [0.717, 1.165) is 28.3 Å². The summed E-state index contributed by atoms with van der Waals surface area (Å²) in [5.74, 6) is -2.07. The Bertz CT molecular complexity index is 869. The number of halogens is 3. The maximum atomic E-state index is 12.7. The molecule has 0 spiro atoms. The predicted molar refractivity (Wildman–Crippen MR) is 97.7 cm³/mol. The molecule has 2 aromatic rings. The van der Waals surface area contributed by atoms with Gasteiger partial charge in [0, 0.05) is 18.3 Å². The normalized spacial score (nSPS) is 14.2. The Hall–Kier alpha value is -3.08. The summed E-state index contributed by atoms with van der Waals surface area (Å²) in [5, 5.41) is 13.8. The van der Waals surface area contributed by atoms with Crippen LogP contribution < -0.4 is 15.4 Å². The number of amides is 1. The molecular formula is C18H21F3N4O4. The fourth-order valence-electron chi connectivity index (χ4n) is 2.83. The van der Waals surface area contributed by atoms with Crippen LogP contribution in [0.25, 0.3) is 0 Å². The smallest absolute Gasteiger partial charge is 0.489 e. The van der Waals surface area contributed by atoms with Crippen LogP contribution in [0.2, 0.25) is 0 Å². The number of alkyl halides is 3. The highest BCUT2D eigenvalue weighted by Gasteiger charge is 2.38. The van der Waals surface area contributed by atoms with Crippen LogP contribution in [0.3, 0.4) is 0 Å². The van der Waals surface area contributed by atoms with Gasteiger partial charge in [0.25, 0.3) is 0 Å². The van der Waals surface area contributed by atoms with Gasteiger partial charge < -0.3 is 20.5 Å². The Labute approximate surface area is 164 Å². The summed E-state index contributed by atoms with van der Waals surface area (Å²) in [6.45, 7) is 5.00. The number of anilines is 1. The molecule has 1 aromatic carbocycles. The van der Waals surface area contributed by atoms with E-state index in [1.54, 1.807) is 11.1 Å². The number of fused-ring (bicyclic) bond motifs is 1. The molecule has 158 valence electrons. The molecule has 2 heterocycles. The number of nitrogens with one attached hydrogen (secondary N) is 1. The van der Waals surface area contributed by atoms with Crippen molar-refractivity contribution in [3.8, 4) is 5.75 Å². The van der Waals surface area contributed by atoms with Crippen molar-refractivity contribution in [1.82, 2.24) is 10.2 Å². The second kappa shape index (κ2) is 8.95. The highest BCUT2D eigenvalue weighted by atomic mass is 19.4. The number of carboxylic acids is 1. The summed E-state index contributed by atoms with van der Waals surface area (Å²) in [6.07, 6.45) is -2.99. The number of rotatable bonds is 3. The van der Waals surface area contributed by atoms with Crippen LogP contribution in [0.5, 0.6) is 5.75 Å². The zero-order valence-corrected chi connectivity index (χ0v) is 15.8. The zero-order chi connectivity index (χ0) is 21.8. The van der Waals surface area contributed by atoms with Crippen LogP contribution in [0.1, 0.15) is 16.8 Å². The topological polar surface area (TPSA) is 122 Å². The largest absolute Gasteiger partial charge is 0.490 e. The monoisotopic (exact) mass is 414 g/mol. The van der Waals surface area contributed by atoms with Gasteiger partial charge in [-0.15, -0.1) is 0 Å². The Morgan fingerprint density at radius 3 is 2.59 bits per heavy atom. The lowest BCUT2D eigenvalue weighted by molar-refractivity contribution is -0.192. The highest BCUT2D eigenvalue weighted by molar-refractivity contribution is 5.99. The van der Waals surface area contributed by atoms with Crippen molar-refractivity contribution in [3.05, 3.63) is 41.2 Å². The van der Waals surface area contributed by atoms with E-state index in [-0.39, 0.29) is 5.91 Å². The fraction of sp³-hybridized carbons (Fsp3) is 0.389. The minimum Gasteiger partial charge on any atom is -0.489 e. The lowest BCUT2D eigenvalue weighted by Crippen LogP contribution is -2.48. The quantitative estimate of drug-likeness (QED) is 0.706. The fourth-order valence-corrected chi connectivity index (χ4v) is 2.83. The highest BCUT2D eigenvalue weighted by Crippen LogP contribution is 2.36. The van der Waals surface area contributed by atoms with Crippen LogP contribution in [0.15, 0.2) is 24.4 Å². The number of carbonyl (C=O) groups is 2. The molecule has 0 saturated carbocycles. The van der Waals surface area contributed by atoms with Crippen LogP contribution in [0, 0.1) is 13.8 Å². The Kier molecular flexibility index (Phi) is 6.85. The number of benzene rings is 1. The summed E-state index contributed by atoms with van der Waals surface area (Å²) in [6, 6.07) is 5.25. The maximum Gasteiger partial charge on any atom is 0.490 e. The summed E-state index contributed by atoms with van der Waals surface area (Å²) >= 11 is 0. The SMILES string of the molecule is Cc1cc(C)c2c(c1)N(C(=O)C(N)Cc1ccn[nH]1)CCO2.O=C(O)C(F)(F)F. The third kappa shape index (κ3) is 5.70. The molecule has 1 aromatic heterocycles. The van der Waals surface area contributed by atoms with Crippen LogP contribution in [-0.4, -0.2) is 52.6 Å². The van der Waals surface area contributed by atoms with Gasteiger partial charge in [0.2, 0.25) is 5.91 Å². The van der Waals surface area contributed by atoms with E-state index in [1.165, 1.54) is 0 Å². The number of carboxylic acid groups (broad SMARTS) is 1. The number of aromatic amines is 1. The molecule has 0 bridgehead atoms. The first-order chi connectivity index (χ1) is 13.5. The van der Waals surface area contributed by atoms with E-state index in [0.29, 0.717) is 19.6 Å². The zero-order valence-electron chi connectivity index (χ0n) is 15.8. The van der Waals surface area contributed by atoms with Gasteiger partial charge in [0.15, 0.2) is 0 Å². The molecule has 29 heavy (non-hydrogen) atoms. The van der Waals surface area contributed by atoms with Gasteiger partial charge in [0.1, 0.15) is 12.4 Å². The van der Waals surface area contributed by atoms with Crippen molar-refractivity contribution in [2.24, 2.45) is 5.73 Å². The molecule has 1 atom stereocenters. The average molecular weight is 414 g/mol. The second-order valence-electron chi connectivity index (χ2n) is 6.46. The van der Waals surface area contributed by atoms with E-state index in [4.69, 9.17) is 20.4 Å². The first kappa shape index (κ1) is 22.2. The number of aryl methyl sites for hydroxylation is 2. The molecular weight excluding hydrogens is 393 g/mol. The molecule has 1 unspecified atom stereocenters. The third-order valence-electron chi connectivity index (χ3n) is 4.08. The van der Waals surface area contributed by atoms with Crippen molar-refractivity contribution in [2.75, 3.05) is 18.1 Å². The van der Waals surface area contributed by atoms with Crippen LogP contribution >= 0.6 is 0 Å². The van der Waals surface area contributed by atoms with Crippen LogP contribution in [0.4, 0.5) is 18.9 Å². The van der Waals surface area contributed by atoms with Crippen molar-refractivity contribution in [2.45, 2.75) is 32.5 Å². The molecule has 1 aliphatic rings. The van der Waals surface area contributed by atoms with Gasteiger partial charge in [-0.2, -0.15) is 18.3 Å². The maximum absolute atomic E-state index is 12.7. The Balaban J connectivity index is 0.000000370. The Morgan fingerprint density at radius 2 is 2.03 bits per heavy atom. The van der Waals surface area contributed by atoms with Crippen molar-refractivity contribution in [1.29, 1.82) is 0 Å². The number of hydrogen-bond acceptors (Lipinski definition) is 5. The summed E-state index contributed by atoms with van der Waals surface area (Å²) in [5.41, 5.74) is 9.90. The number of hydrogen-bond donors (Lipinski definition) is 3. The summed E-state index contributed by atoms with van der Waals surface area (Å²) < 4.78 is 37.5. The van der Waals surface area contributed by atoms with Gasteiger partial charge in [0.05, 0.1) is 18.3 Å². The van der Waals surface area contributed by atoms with Gasteiger partial charge >= 0.3 is 12.1 Å². The number of H-pyrrole nitrogens is 1. The molecule has 0 aliphatic carbocycles. The number of ether oxygens (including phenoxy) is 1.